The van der Waals surface area contributed by atoms with Gasteiger partial charge in [0.15, 0.2) is 5.82 Å². The fraction of sp³-hybridized carbons (Fsp3) is 0.263. The zero-order valence-electron chi connectivity index (χ0n) is 16.5. The highest BCUT2D eigenvalue weighted by molar-refractivity contribution is 6.45. The summed E-state index contributed by atoms with van der Waals surface area (Å²) in [6.07, 6.45) is 9.46. The second-order valence-electron chi connectivity index (χ2n) is 6.89. The fourth-order valence-electron chi connectivity index (χ4n) is 3.32. The Kier molecular flexibility index (Phi) is 5.91. The Morgan fingerprint density at radius 2 is 1.83 bits per heavy atom. The minimum absolute atomic E-state index is 0.234. The smallest absolute Gasteiger partial charge is 0.376 e. The lowest BCUT2D eigenvalue weighted by atomic mass is 9.84. The zero-order chi connectivity index (χ0) is 20.9. The number of rotatable bonds is 5. The van der Waals surface area contributed by atoms with E-state index >= 15 is 0 Å². The molecule has 3 aromatic rings. The van der Waals surface area contributed by atoms with E-state index in [9.17, 15) is 9.82 Å². The minimum Gasteiger partial charge on any atom is -0.437 e. The Labute approximate surface area is 174 Å². The van der Waals surface area contributed by atoms with Crippen LogP contribution in [0, 0.1) is 0 Å². The van der Waals surface area contributed by atoms with Crippen molar-refractivity contribution in [1.29, 1.82) is 0 Å². The number of carbonyl (C=O) groups excluding carboxylic acids is 1. The van der Waals surface area contributed by atoms with E-state index in [0.29, 0.717) is 17.1 Å². The highest BCUT2D eigenvalue weighted by Crippen LogP contribution is 2.26. The van der Waals surface area contributed by atoms with Crippen molar-refractivity contribution < 1.29 is 9.82 Å². The van der Waals surface area contributed by atoms with E-state index in [4.69, 9.17) is 0 Å². The molecule has 4 heterocycles. The Morgan fingerprint density at radius 1 is 1.07 bits per heavy atom. The first kappa shape index (κ1) is 19.9. The highest BCUT2D eigenvalue weighted by Gasteiger charge is 2.24. The standard InChI is InChI=1S/C19H21BN8O2/c1-20(30)28-8-6-27(7-9-28)17-3-4-21-12-16(17)26-19(29)15-2-5-24-18(25-15)14-10-22-13-23-11-14/h2-5,10-13,30H,6-9H2,1H3,(H,26,29). The van der Waals surface area contributed by atoms with Crippen LogP contribution in [-0.4, -0.2) is 73.9 Å². The third-order valence-electron chi connectivity index (χ3n) is 4.94. The van der Waals surface area contributed by atoms with E-state index in [2.05, 4.69) is 35.1 Å². The molecule has 0 aliphatic carbocycles. The van der Waals surface area contributed by atoms with Gasteiger partial charge in [-0.05, 0) is 19.0 Å². The molecule has 0 saturated carbocycles. The average Bonchev–Trinajstić information content (AvgIpc) is 2.80. The van der Waals surface area contributed by atoms with Gasteiger partial charge in [-0.1, -0.05) is 0 Å². The van der Waals surface area contributed by atoms with E-state index in [0.717, 1.165) is 31.9 Å². The van der Waals surface area contributed by atoms with Crippen LogP contribution in [0.4, 0.5) is 11.4 Å². The molecule has 3 aromatic heterocycles. The number of aromatic nitrogens is 5. The van der Waals surface area contributed by atoms with E-state index in [1.54, 1.807) is 37.7 Å². The van der Waals surface area contributed by atoms with Crippen molar-refractivity contribution in [2.24, 2.45) is 0 Å². The molecule has 4 rings (SSSR count). The molecule has 2 N–H and O–H groups in total. The van der Waals surface area contributed by atoms with Gasteiger partial charge in [0.1, 0.15) is 12.0 Å². The number of hydrogen-bond acceptors (Lipinski definition) is 9. The first-order chi connectivity index (χ1) is 14.6. The van der Waals surface area contributed by atoms with E-state index < -0.39 is 7.05 Å². The largest absolute Gasteiger partial charge is 0.437 e. The first-order valence-electron chi connectivity index (χ1n) is 9.62. The molecule has 1 fully saturated rings. The van der Waals surface area contributed by atoms with Gasteiger partial charge >= 0.3 is 7.05 Å². The van der Waals surface area contributed by atoms with Gasteiger partial charge in [0.05, 0.1) is 23.1 Å². The maximum Gasteiger partial charge on any atom is 0.376 e. The molecule has 11 heteroatoms. The van der Waals surface area contributed by atoms with Gasteiger partial charge < -0.3 is 20.1 Å². The van der Waals surface area contributed by atoms with Crippen molar-refractivity contribution in [1.82, 2.24) is 29.7 Å². The number of piperazine rings is 1. The number of pyridine rings is 1. The van der Waals surface area contributed by atoms with Crippen molar-refractivity contribution in [2.75, 3.05) is 36.4 Å². The van der Waals surface area contributed by atoms with Gasteiger partial charge in [-0.15, -0.1) is 0 Å². The van der Waals surface area contributed by atoms with E-state index in [1.165, 1.54) is 12.5 Å². The fourth-order valence-corrected chi connectivity index (χ4v) is 3.32. The quantitative estimate of drug-likeness (QED) is 0.595. The Balaban J connectivity index is 1.51. The van der Waals surface area contributed by atoms with Crippen LogP contribution in [0.25, 0.3) is 11.4 Å². The topological polar surface area (TPSA) is 120 Å². The maximum absolute atomic E-state index is 12.9. The zero-order valence-corrected chi connectivity index (χ0v) is 16.5. The van der Waals surface area contributed by atoms with Crippen molar-refractivity contribution in [2.45, 2.75) is 6.82 Å². The van der Waals surface area contributed by atoms with Gasteiger partial charge in [0.2, 0.25) is 0 Å². The number of anilines is 2. The summed E-state index contributed by atoms with van der Waals surface area (Å²) in [5.41, 5.74) is 2.35. The molecule has 1 aliphatic heterocycles. The number of hydrogen-bond donors (Lipinski definition) is 2. The molecular weight excluding hydrogens is 383 g/mol. The SMILES string of the molecule is CB(O)N1CCN(c2ccncc2NC(=O)c2ccnc(-c3cncnc3)n2)CC1. The Morgan fingerprint density at radius 3 is 2.57 bits per heavy atom. The maximum atomic E-state index is 12.9. The predicted molar refractivity (Wildman–Crippen MR) is 113 cm³/mol. The lowest BCUT2D eigenvalue weighted by Gasteiger charge is -2.37. The second-order valence-corrected chi connectivity index (χ2v) is 6.89. The molecule has 0 atom stereocenters. The van der Waals surface area contributed by atoms with Crippen LogP contribution in [0.15, 0.2) is 49.4 Å². The molecule has 10 nitrogen and oxygen atoms in total. The first-order valence-corrected chi connectivity index (χ1v) is 9.62. The van der Waals surface area contributed by atoms with Crippen LogP contribution in [-0.2, 0) is 0 Å². The number of nitrogens with zero attached hydrogens (tertiary/aromatic N) is 7. The van der Waals surface area contributed by atoms with Crippen molar-refractivity contribution in [3.63, 3.8) is 0 Å². The molecule has 30 heavy (non-hydrogen) atoms. The lowest BCUT2D eigenvalue weighted by Crippen LogP contribution is -2.51. The number of carbonyl (C=O) groups is 1. The van der Waals surface area contributed by atoms with Crippen molar-refractivity contribution in [3.8, 4) is 11.4 Å². The summed E-state index contributed by atoms with van der Waals surface area (Å²) in [5, 5.41) is 12.7. The van der Waals surface area contributed by atoms with Crippen LogP contribution in [0.5, 0.6) is 0 Å². The summed E-state index contributed by atoms with van der Waals surface area (Å²) in [5.74, 6) is 0.0243. The molecule has 1 saturated heterocycles. The second kappa shape index (κ2) is 8.93. The van der Waals surface area contributed by atoms with Crippen LogP contribution in [0.1, 0.15) is 10.5 Å². The molecule has 0 aromatic carbocycles. The Bertz CT molecular complexity index is 1010. The summed E-state index contributed by atoms with van der Waals surface area (Å²) in [6.45, 7) is 4.72. The summed E-state index contributed by atoms with van der Waals surface area (Å²) < 4.78 is 0. The van der Waals surface area contributed by atoms with Gasteiger partial charge in [0.25, 0.3) is 5.91 Å². The van der Waals surface area contributed by atoms with E-state index in [-0.39, 0.29) is 11.6 Å². The van der Waals surface area contributed by atoms with Crippen LogP contribution in [0.3, 0.4) is 0 Å². The van der Waals surface area contributed by atoms with Crippen molar-refractivity contribution in [3.05, 3.63) is 55.1 Å². The molecular formula is C19H21BN8O2. The van der Waals surface area contributed by atoms with Crippen molar-refractivity contribution >= 4 is 24.3 Å². The summed E-state index contributed by atoms with van der Waals surface area (Å²) in [4.78, 5) is 37.6. The van der Waals surface area contributed by atoms with Gasteiger partial charge in [-0.25, -0.2) is 19.9 Å². The average molecular weight is 404 g/mol. The molecule has 152 valence electrons. The summed E-state index contributed by atoms with van der Waals surface area (Å²) >= 11 is 0. The molecule has 0 radical (unpaired) electrons. The third kappa shape index (κ3) is 4.42. The van der Waals surface area contributed by atoms with Crippen LogP contribution >= 0.6 is 0 Å². The highest BCUT2D eigenvalue weighted by atomic mass is 16.2. The van der Waals surface area contributed by atoms with Crippen LogP contribution < -0.4 is 10.2 Å². The molecule has 0 unspecified atom stereocenters. The summed E-state index contributed by atoms with van der Waals surface area (Å²) in [7, 11) is -0.467. The molecule has 1 amide bonds. The molecule has 0 spiro atoms. The monoisotopic (exact) mass is 404 g/mol. The third-order valence-corrected chi connectivity index (χ3v) is 4.94. The number of nitrogens with one attached hydrogen (secondary N) is 1. The van der Waals surface area contributed by atoms with Gasteiger partial charge in [0, 0.05) is 51.0 Å². The normalized spacial score (nSPS) is 14.4. The lowest BCUT2D eigenvalue weighted by molar-refractivity contribution is 0.102. The van der Waals surface area contributed by atoms with Gasteiger partial charge in [-0.2, -0.15) is 0 Å². The molecule has 0 bridgehead atoms. The minimum atomic E-state index is -0.467. The van der Waals surface area contributed by atoms with Crippen LogP contribution in [0.2, 0.25) is 6.82 Å². The predicted octanol–water partition coefficient (Wildman–Crippen LogP) is 0.813. The number of amides is 1. The molecule has 1 aliphatic rings. The van der Waals surface area contributed by atoms with Gasteiger partial charge in [-0.3, -0.25) is 9.78 Å². The summed E-state index contributed by atoms with van der Waals surface area (Å²) in [6, 6.07) is 3.43. The van der Waals surface area contributed by atoms with E-state index in [1.807, 2.05) is 10.9 Å². The Hall–Kier alpha value is -3.44.